The highest BCUT2D eigenvalue weighted by Gasteiger charge is 2.28. The first-order chi connectivity index (χ1) is 14.2. The van der Waals surface area contributed by atoms with Crippen LogP contribution in [0.3, 0.4) is 0 Å². The van der Waals surface area contributed by atoms with Crippen molar-refractivity contribution in [3.63, 3.8) is 0 Å². The second-order valence-corrected chi connectivity index (χ2v) is 8.81. The molecule has 0 aliphatic heterocycles. The van der Waals surface area contributed by atoms with Gasteiger partial charge in [0.1, 0.15) is 6.04 Å². The van der Waals surface area contributed by atoms with Crippen LogP contribution in [0.25, 0.3) is 0 Å². The summed E-state index contributed by atoms with van der Waals surface area (Å²) in [5.74, 6) is 0.0956. The maximum atomic E-state index is 13.3. The molecule has 2 amide bonds. The van der Waals surface area contributed by atoms with Gasteiger partial charge in [0.2, 0.25) is 11.8 Å². The lowest BCUT2D eigenvalue weighted by atomic mass is 10.1. The van der Waals surface area contributed by atoms with Gasteiger partial charge in [-0.1, -0.05) is 79.9 Å². The molecular weight excluding hydrogens is 419 g/mol. The highest BCUT2D eigenvalue weighted by Crippen LogP contribution is 2.24. The predicted molar refractivity (Wildman–Crippen MR) is 124 cm³/mol. The predicted octanol–water partition coefficient (Wildman–Crippen LogP) is 5.42. The fraction of sp³-hybridized carbons (Fsp3) is 0.417. The number of benzene rings is 2. The minimum atomic E-state index is -0.559. The van der Waals surface area contributed by atoms with Crippen molar-refractivity contribution in [2.45, 2.75) is 53.1 Å². The average Bonchev–Trinajstić information content (AvgIpc) is 2.70. The quantitative estimate of drug-likeness (QED) is 0.556. The van der Waals surface area contributed by atoms with Gasteiger partial charge < -0.3 is 10.2 Å². The van der Waals surface area contributed by atoms with E-state index in [1.54, 1.807) is 17.0 Å². The Labute approximate surface area is 189 Å². The van der Waals surface area contributed by atoms with E-state index in [0.717, 1.165) is 16.7 Å². The van der Waals surface area contributed by atoms with Crippen LogP contribution in [0, 0.1) is 12.8 Å². The molecule has 2 aromatic rings. The molecule has 0 aliphatic rings. The molecule has 162 valence electrons. The summed E-state index contributed by atoms with van der Waals surface area (Å²) in [6, 6.07) is 12.6. The van der Waals surface area contributed by atoms with Crippen molar-refractivity contribution in [1.29, 1.82) is 0 Å². The molecule has 30 heavy (non-hydrogen) atoms. The van der Waals surface area contributed by atoms with Gasteiger partial charge in [-0.15, -0.1) is 0 Å². The highest BCUT2D eigenvalue weighted by atomic mass is 35.5. The van der Waals surface area contributed by atoms with Crippen molar-refractivity contribution in [3.8, 4) is 0 Å². The monoisotopic (exact) mass is 448 g/mol. The van der Waals surface area contributed by atoms with E-state index in [1.807, 2.05) is 58.0 Å². The van der Waals surface area contributed by atoms with Crippen molar-refractivity contribution in [1.82, 2.24) is 10.2 Å². The molecule has 0 saturated carbocycles. The Morgan fingerprint density at radius 1 is 1.00 bits per heavy atom. The molecular formula is C24H30Cl2N2O2. The highest BCUT2D eigenvalue weighted by molar-refractivity contribution is 6.42. The first-order valence-electron chi connectivity index (χ1n) is 10.3. The number of rotatable bonds is 9. The normalized spacial score (nSPS) is 12.0. The van der Waals surface area contributed by atoms with Gasteiger partial charge in [0, 0.05) is 13.1 Å². The van der Waals surface area contributed by atoms with Crippen LogP contribution >= 0.6 is 23.2 Å². The molecule has 0 aromatic heterocycles. The lowest BCUT2D eigenvalue weighted by Crippen LogP contribution is -2.50. The Morgan fingerprint density at radius 3 is 2.20 bits per heavy atom. The molecule has 2 rings (SSSR count). The molecule has 2 aromatic carbocycles. The fourth-order valence-electron chi connectivity index (χ4n) is 3.16. The molecule has 0 bridgehead atoms. The van der Waals surface area contributed by atoms with Crippen LogP contribution in [0.4, 0.5) is 0 Å². The van der Waals surface area contributed by atoms with Crippen LogP contribution in [0.2, 0.25) is 10.0 Å². The number of halogens is 2. The van der Waals surface area contributed by atoms with E-state index >= 15 is 0 Å². The molecule has 0 heterocycles. The van der Waals surface area contributed by atoms with Crippen molar-refractivity contribution in [2.75, 3.05) is 6.54 Å². The van der Waals surface area contributed by atoms with Gasteiger partial charge >= 0.3 is 0 Å². The summed E-state index contributed by atoms with van der Waals surface area (Å²) in [6.07, 6.45) is 0.750. The molecule has 1 atom stereocenters. The maximum Gasteiger partial charge on any atom is 0.242 e. The number of aryl methyl sites for hydroxylation is 1. The lowest BCUT2D eigenvalue weighted by molar-refractivity contribution is -0.141. The van der Waals surface area contributed by atoms with Crippen molar-refractivity contribution < 1.29 is 9.59 Å². The van der Waals surface area contributed by atoms with E-state index in [4.69, 9.17) is 23.2 Å². The zero-order valence-corrected chi connectivity index (χ0v) is 19.6. The van der Waals surface area contributed by atoms with E-state index in [-0.39, 0.29) is 24.8 Å². The second-order valence-electron chi connectivity index (χ2n) is 8.00. The number of hydrogen-bond donors (Lipinski definition) is 1. The van der Waals surface area contributed by atoms with E-state index < -0.39 is 6.04 Å². The van der Waals surface area contributed by atoms with Crippen LogP contribution in [0.15, 0.2) is 42.5 Å². The maximum absolute atomic E-state index is 13.3. The van der Waals surface area contributed by atoms with Crippen LogP contribution < -0.4 is 5.32 Å². The summed E-state index contributed by atoms with van der Waals surface area (Å²) in [5, 5.41) is 3.85. The Balaban J connectivity index is 2.28. The SMILES string of the molecule is CC[C@H](C(=O)NCC(C)C)N(Cc1ccc(Cl)c(Cl)c1)C(=O)Cc1ccc(C)cc1. The topological polar surface area (TPSA) is 49.4 Å². The molecule has 0 aliphatic carbocycles. The Kier molecular flexibility index (Phi) is 9.19. The minimum absolute atomic E-state index is 0.100. The Hall–Kier alpha value is -2.04. The van der Waals surface area contributed by atoms with E-state index in [1.165, 1.54) is 0 Å². The van der Waals surface area contributed by atoms with Gasteiger partial charge in [-0.2, -0.15) is 0 Å². The standard InChI is InChI=1S/C24H30Cl2N2O2/c1-5-22(24(30)27-14-16(2)3)28(15-19-10-11-20(25)21(26)12-19)23(29)13-18-8-6-17(4)7-9-18/h6-12,16,22H,5,13-15H2,1-4H3,(H,27,30)/t22-/m1/s1. The first-order valence-corrected chi connectivity index (χ1v) is 11.0. The molecule has 0 fully saturated rings. The van der Waals surface area contributed by atoms with Crippen LogP contribution in [-0.4, -0.2) is 29.3 Å². The van der Waals surface area contributed by atoms with E-state index in [9.17, 15) is 9.59 Å². The largest absolute Gasteiger partial charge is 0.354 e. The third kappa shape index (κ3) is 7.03. The summed E-state index contributed by atoms with van der Waals surface area (Å²) in [5.41, 5.74) is 2.89. The second kappa shape index (κ2) is 11.4. The smallest absolute Gasteiger partial charge is 0.242 e. The van der Waals surface area contributed by atoms with Crippen LogP contribution in [0.1, 0.15) is 43.9 Å². The Morgan fingerprint density at radius 2 is 1.63 bits per heavy atom. The van der Waals surface area contributed by atoms with Crippen molar-refractivity contribution >= 4 is 35.0 Å². The van der Waals surface area contributed by atoms with Gasteiger partial charge in [0.25, 0.3) is 0 Å². The van der Waals surface area contributed by atoms with Gasteiger partial charge in [-0.05, 0) is 42.5 Å². The summed E-state index contributed by atoms with van der Waals surface area (Å²) >= 11 is 12.2. The van der Waals surface area contributed by atoms with Crippen LogP contribution in [0.5, 0.6) is 0 Å². The average molecular weight is 449 g/mol. The molecule has 4 nitrogen and oxygen atoms in total. The number of carbonyl (C=O) groups is 2. The van der Waals surface area contributed by atoms with Crippen molar-refractivity contribution in [2.24, 2.45) is 5.92 Å². The number of amides is 2. The number of nitrogens with zero attached hydrogens (tertiary/aromatic N) is 1. The Bertz CT molecular complexity index is 866. The third-order valence-electron chi connectivity index (χ3n) is 4.88. The van der Waals surface area contributed by atoms with Gasteiger partial charge in [0.15, 0.2) is 0 Å². The first kappa shape index (κ1) is 24.2. The van der Waals surface area contributed by atoms with E-state index in [2.05, 4.69) is 5.32 Å². The number of hydrogen-bond acceptors (Lipinski definition) is 2. The summed E-state index contributed by atoms with van der Waals surface area (Å²) in [4.78, 5) is 27.8. The molecule has 6 heteroatoms. The molecule has 0 saturated heterocycles. The minimum Gasteiger partial charge on any atom is -0.354 e. The zero-order chi connectivity index (χ0) is 22.3. The van der Waals surface area contributed by atoms with Crippen molar-refractivity contribution in [3.05, 3.63) is 69.2 Å². The number of nitrogens with one attached hydrogen (secondary N) is 1. The van der Waals surface area contributed by atoms with E-state index in [0.29, 0.717) is 28.9 Å². The van der Waals surface area contributed by atoms with Gasteiger partial charge in [0.05, 0.1) is 16.5 Å². The molecule has 0 unspecified atom stereocenters. The summed E-state index contributed by atoms with van der Waals surface area (Å²) < 4.78 is 0. The van der Waals surface area contributed by atoms with Gasteiger partial charge in [-0.3, -0.25) is 9.59 Å². The molecule has 0 spiro atoms. The van der Waals surface area contributed by atoms with Gasteiger partial charge in [-0.25, -0.2) is 0 Å². The fourth-order valence-corrected chi connectivity index (χ4v) is 3.48. The van der Waals surface area contributed by atoms with Crippen LogP contribution in [-0.2, 0) is 22.6 Å². The molecule has 0 radical (unpaired) electrons. The lowest BCUT2D eigenvalue weighted by Gasteiger charge is -2.31. The number of carbonyl (C=O) groups excluding carboxylic acids is 2. The summed E-state index contributed by atoms with van der Waals surface area (Å²) in [7, 11) is 0. The molecule has 1 N–H and O–H groups in total. The third-order valence-corrected chi connectivity index (χ3v) is 5.62. The zero-order valence-electron chi connectivity index (χ0n) is 18.0. The summed E-state index contributed by atoms with van der Waals surface area (Å²) in [6.45, 7) is 8.86.